The molecule has 5 nitrogen and oxygen atoms in total. The average molecular weight is 263 g/mol. The van der Waals surface area contributed by atoms with Crippen LogP contribution in [0.5, 0.6) is 0 Å². The van der Waals surface area contributed by atoms with Gasteiger partial charge in [0.15, 0.2) is 0 Å². The molecule has 0 aliphatic carbocycles. The quantitative estimate of drug-likeness (QED) is 0.600. The minimum Gasteiger partial charge on any atom is -0.481 e. The average Bonchev–Trinajstić information content (AvgIpc) is 2.13. The fraction of sp³-hybridized carbons (Fsp3) is 0.818. The van der Waals surface area contributed by atoms with Crippen molar-refractivity contribution in [3.8, 4) is 0 Å². The molecule has 0 radical (unpaired) electrons. The van der Waals surface area contributed by atoms with Crippen LogP contribution in [-0.2, 0) is 9.59 Å². The van der Waals surface area contributed by atoms with Crippen LogP contribution in [-0.4, -0.2) is 46.2 Å². The van der Waals surface area contributed by atoms with E-state index in [9.17, 15) is 14.7 Å². The van der Waals surface area contributed by atoms with Gasteiger partial charge >= 0.3 is 5.97 Å². The van der Waals surface area contributed by atoms with Gasteiger partial charge in [-0.25, -0.2) is 0 Å². The minimum atomic E-state index is -0.925. The minimum absolute atomic E-state index is 0.0192. The van der Waals surface area contributed by atoms with Gasteiger partial charge in [0.1, 0.15) is 0 Å². The molecule has 100 valence electrons. The summed E-state index contributed by atoms with van der Waals surface area (Å²) >= 11 is 1.50. The Kier molecular flexibility index (Phi) is 7.22. The second-order valence-corrected chi connectivity index (χ2v) is 5.48. The fourth-order valence-corrected chi connectivity index (χ4v) is 2.13. The monoisotopic (exact) mass is 263 g/mol. The zero-order valence-corrected chi connectivity index (χ0v) is 11.3. The molecule has 0 fully saturated rings. The molecule has 0 aliphatic rings. The summed E-state index contributed by atoms with van der Waals surface area (Å²) in [5.74, 6) is -0.782. The number of carbonyl (C=O) groups is 2. The second kappa shape index (κ2) is 7.55. The van der Waals surface area contributed by atoms with Gasteiger partial charge < -0.3 is 15.5 Å². The molecule has 0 saturated carbocycles. The molecule has 0 aromatic rings. The number of carbonyl (C=O) groups excluding carboxylic acids is 1. The molecule has 0 aromatic heterocycles. The van der Waals surface area contributed by atoms with Gasteiger partial charge in [-0.3, -0.25) is 9.59 Å². The van der Waals surface area contributed by atoms with Gasteiger partial charge in [0.2, 0.25) is 5.91 Å². The number of thioether (sulfide) groups is 1. The van der Waals surface area contributed by atoms with E-state index in [1.165, 1.54) is 11.8 Å². The van der Waals surface area contributed by atoms with Crippen molar-refractivity contribution >= 4 is 23.6 Å². The Morgan fingerprint density at radius 3 is 2.47 bits per heavy atom. The smallest absolute Gasteiger partial charge is 0.303 e. The van der Waals surface area contributed by atoms with E-state index in [-0.39, 0.29) is 31.2 Å². The van der Waals surface area contributed by atoms with Crippen LogP contribution in [0.3, 0.4) is 0 Å². The lowest BCUT2D eigenvalue weighted by Gasteiger charge is -2.22. The van der Waals surface area contributed by atoms with E-state index in [2.05, 4.69) is 5.32 Å². The third kappa shape index (κ3) is 9.00. The van der Waals surface area contributed by atoms with E-state index in [1.807, 2.05) is 6.26 Å². The normalized spacial score (nSPS) is 16.0. The molecular formula is C11H21NO4S. The lowest BCUT2D eigenvalue weighted by Crippen LogP contribution is -2.42. The number of aliphatic hydroxyl groups is 1. The highest BCUT2D eigenvalue weighted by atomic mass is 32.2. The van der Waals surface area contributed by atoms with Crippen molar-refractivity contribution in [1.29, 1.82) is 0 Å². The zero-order chi connectivity index (χ0) is 13.5. The van der Waals surface area contributed by atoms with Crippen LogP contribution in [0.25, 0.3) is 0 Å². The summed E-state index contributed by atoms with van der Waals surface area (Å²) in [6.07, 6.45) is 2.03. The van der Waals surface area contributed by atoms with E-state index in [4.69, 9.17) is 5.11 Å². The summed E-state index contributed by atoms with van der Waals surface area (Å²) in [6, 6.07) is 0. The maximum Gasteiger partial charge on any atom is 0.303 e. The lowest BCUT2D eigenvalue weighted by molar-refractivity contribution is -0.138. The number of aliphatic carboxylic acids is 1. The first-order valence-electron chi connectivity index (χ1n) is 5.46. The van der Waals surface area contributed by atoms with Gasteiger partial charge in [0.05, 0.1) is 5.60 Å². The first-order valence-corrected chi connectivity index (χ1v) is 6.86. The third-order valence-corrected chi connectivity index (χ3v) is 3.09. The summed E-state index contributed by atoms with van der Waals surface area (Å²) in [7, 11) is 0. The van der Waals surface area contributed by atoms with Gasteiger partial charge in [-0.05, 0) is 19.1 Å². The van der Waals surface area contributed by atoms with E-state index in [1.54, 1.807) is 13.8 Å². The number of nitrogens with one attached hydrogen (secondary N) is 1. The van der Waals surface area contributed by atoms with Gasteiger partial charge in [0.25, 0.3) is 0 Å². The number of rotatable bonds is 8. The summed E-state index contributed by atoms with van der Waals surface area (Å²) in [6.45, 7) is 3.56. The van der Waals surface area contributed by atoms with Gasteiger partial charge in [-0.15, -0.1) is 0 Å². The molecule has 2 unspecified atom stereocenters. The van der Waals surface area contributed by atoms with Crippen LogP contribution in [0.4, 0.5) is 0 Å². The summed E-state index contributed by atoms with van der Waals surface area (Å²) in [5, 5.41) is 21.0. The SMILES string of the molecule is CSCC(C)(O)CNC(=O)CC(C)CC(=O)O. The molecule has 3 N–H and O–H groups in total. The molecule has 0 saturated heterocycles. The van der Waals surface area contributed by atoms with Crippen molar-refractivity contribution in [2.75, 3.05) is 18.6 Å². The zero-order valence-electron chi connectivity index (χ0n) is 10.5. The Hall–Kier alpha value is -0.750. The van der Waals surface area contributed by atoms with Crippen LogP contribution in [0.1, 0.15) is 26.7 Å². The predicted octanol–water partition coefficient (Wildman–Crippen LogP) is 0.717. The Balaban J connectivity index is 3.90. The van der Waals surface area contributed by atoms with Crippen LogP contribution in [0, 0.1) is 5.92 Å². The maximum atomic E-state index is 11.5. The molecule has 0 aliphatic heterocycles. The lowest BCUT2D eigenvalue weighted by atomic mass is 10.0. The van der Waals surface area contributed by atoms with E-state index in [0.717, 1.165) is 0 Å². The van der Waals surface area contributed by atoms with E-state index < -0.39 is 11.6 Å². The molecule has 0 aromatic carbocycles. The molecule has 0 rings (SSSR count). The molecule has 17 heavy (non-hydrogen) atoms. The number of hydrogen-bond donors (Lipinski definition) is 3. The van der Waals surface area contributed by atoms with Crippen molar-refractivity contribution in [2.24, 2.45) is 5.92 Å². The Labute approximate surface area is 106 Å². The van der Waals surface area contributed by atoms with Crippen molar-refractivity contribution < 1.29 is 19.8 Å². The van der Waals surface area contributed by atoms with Gasteiger partial charge in [-0.1, -0.05) is 6.92 Å². The highest BCUT2D eigenvalue weighted by Gasteiger charge is 2.21. The van der Waals surface area contributed by atoms with E-state index >= 15 is 0 Å². The largest absolute Gasteiger partial charge is 0.481 e. The summed E-state index contributed by atoms with van der Waals surface area (Å²) in [5.41, 5.74) is -0.925. The van der Waals surface area contributed by atoms with Gasteiger partial charge in [-0.2, -0.15) is 11.8 Å². The molecule has 2 atom stereocenters. The molecule has 0 spiro atoms. The van der Waals surface area contributed by atoms with Crippen LogP contribution >= 0.6 is 11.8 Å². The third-order valence-electron chi connectivity index (χ3n) is 2.18. The van der Waals surface area contributed by atoms with Crippen molar-refractivity contribution in [1.82, 2.24) is 5.32 Å². The van der Waals surface area contributed by atoms with Crippen LogP contribution in [0.15, 0.2) is 0 Å². The first kappa shape index (κ1) is 16.2. The molecular weight excluding hydrogens is 242 g/mol. The van der Waals surface area contributed by atoms with Crippen molar-refractivity contribution in [3.63, 3.8) is 0 Å². The molecule has 6 heteroatoms. The van der Waals surface area contributed by atoms with Crippen molar-refractivity contribution in [3.05, 3.63) is 0 Å². The maximum absolute atomic E-state index is 11.5. The van der Waals surface area contributed by atoms with Crippen LogP contribution < -0.4 is 5.32 Å². The molecule has 0 bridgehead atoms. The fourth-order valence-electron chi connectivity index (χ4n) is 1.41. The van der Waals surface area contributed by atoms with Gasteiger partial charge in [0, 0.05) is 25.1 Å². The first-order chi connectivity index (χ1) is 7.76. The predicted molar refractivity (Wildman–Crippen MR) is 68.0 cm³/mol. The highest BCUT2D eigenvalue weighted by molar-refractivity contribution is 7.98. The summed E-state index contributed by atoms with van der Waals surface area (Å²) < 4.78 is 0. The Morgan fingerprint density at radius 1 is 1.41 bits per heavy atom. The number of carboxylic acid groups (broad SMARTS) is 1. The molecule has 0 heterocycles. The van der Waals surface area contributed by atoms with Crippen LogP contribution in [0.2, 0.25) is 0 Å². The van der Waals surface area contributed by atoms with E-state index in [0.29, 0.717) is 5.75 Å². The number of carboxylic acids is 1. The Bertz CT molecular complexity index is 268. The standard InChI is InChI=1S/C11H21NO4S/c1-8(5-10(14)15)4-9(13)12-6-11(2,16)7-17-3/h8,16H,4-7H2,1-3H3,(H,12,13)(H,14,15). The Morgan fingerprint density at radius 2 is 2.00 bits per heavy atom. The topological polar surface area (TPSA) is 86.6 Å². The number of amides is 1. The number of hydrogen-bond acceptors (Lipinski definition) is 4. The summed E-state index contributed by atoms with van der Waals surface area (Å²) in [4.78, 5) is 21.9. The van der Waals surface area contributed by atoms with Crippen molar-refractivity contribution in [2.45, 2.75) is 32.3 Å². The highest BCUT2D eigenvalue weighted by Crippen LogP contribution is 2.10. The molecule has 1 amide bonds. The second-order valence-electron chi connectivity index (χ2n) is 4.61.